The summed E-state index contributed by atoms with van der Waals surface area (Å²) >= 11 is 3.33. The van der Waals surface area contributed by atoms with E-state index in [2.05, 4.69) is 26.0 Å². The van der Waals surface area contributed by atoms with Gasteiger partial charge in [-0.2, -0.15) is 0 Å². The molecule has 0 aliphatic heterocycles. The number of ether oxygens (including phenoxy) is 1. The number of nitrogens with zero attached hydrogens (tertiary/aromatic N) is 3. The van der Waals surface area contributed by atoms with Crippen LogP contribution in [0.15, 0.2) is 16.7 Å². The summed E-state index contributed by atoms with van der Waals surface area (Å²) in [6, 6.07) is 1.79. The SMILES string of the molecule is COCc1nc2c(N)cc(Br)cn2n1. The molecule has 0 spiro atoms. The molecule has 0 bridgehead atoms. The Morgan fingerprint density at radius 3 is 3.14 bits per heavy atom. The third kappa shape index (κ3) is 1.58. The summed E-state index contributed by atoms with van der Waals surface area (Å²) in [6.45, 7) is 0.388. The van der Waals surface area contributed by atoms with Crippen LogP contribution < -0.4 is 5.73 Å². The smallest absolute Gasteiger partial charge is 0.178 e. The molecule has 2 N–H and O–H groups in total. The molecule has 0 saturated heterocycles. The van der Waals surface area contributed by atoms with Crippen LogP contribution in [0.25, 0.3) is 5.65 Å². The van der Waals surface area contributed by atoms with E-state index in [4.69, 9.17) is 10.5 Å². The number of methoxy groups -OCH3 is 1. The van der Waals surface area contributed by atoms with Gasteiger partial charge in [-0.3, -0.25) is 0 Å². The van der Waals surface area contributed by atoms with Crippen molar-refractivity contribution in [3.8, 4) is 0 Å². The topological polar surface area (TPSA) is 65.4 Å². The second kappa shape index (κ2) is 3.55. The zero-order valence-electron chi connectivity index (χ0n) is 7.57. The quantitative estimate of drug-likeness (QED) is 0.878. The zero-order valence-corrected chi connectivity index (χ0v) is 9.15. The van der Waals surface area contributed by atoms with Gasteiger partial charge >= 0.3 is 0 Å². The van der Waals surface area contributed by atoms with Crippen molar-refractivity contribution < 1.29 is 4.74 Å². The van der Waals surface area contributed by atoms with Gasteiger partial charge in [0.05, 0.1) is 5.69 Å². The number of hydrogen-bond acceptors (Lipinski definition) is 4. The first-order chi connectivity index (χ1) is 6.70. The highest BCUT2D eigenvalue weighted by molar-refractivity contribution is 9.10. The molecule has 0 unspecified atom stereocenters. The average molecular weight is 257 g/mol. The molecule has 5 nitrogen and oxygen atoms in total. The van der Waals surface area contributed by atoms with Gasteiger partial charge in [0, 0.05) is 17.8 Å². The van der Waals surface area contributed by atoms with Gasteiger partial charge in [0.2, 0.25) is 0 Å². The Morgan fingerprint density at radius 2 is 2.43 bits per heavy atom. The van der Waals surface area contributed by atoms with E-state index in [1.807, 2.05) is 0 Å². The fourth-order valence-electron chi connectivity index (χ4n) is 1.21. The highest BCUT2D eigenvalue weighted by atomic mass is 79.9. The second-order valence-corrected chi connectivity index (χ2v) is 3.76. The molecule has 0 atom stereocenters. The fraction of sp³-hybridized carbons (Fsp3) is 0.250. The molecule has 14 heavy (non-hydrogen) atoms. The number of fused-ring (bicyclic) bond motifs is 1. The molecule has 0 aliphatic carbocycles. The molecule has 0 saturated carbocycles. The molecule has 2 rings (SSSR count). The minimum atomic E-state index is 0.388. The lowest BCUT2D eigenvalue weighted by atomic mass is 10.4. The Labute approximate surface area is 89.0 Å². The molecule has 0 radical (unpaired) electrons. The van der Waals surface area contributed by atoms with Gasteiger partial charge in [-0.15, -0.1) is 5.10 Å². The largest absolute Gasteiger partial charge is 0.396 e. The normalized spacial score (nSPS) is 11.0. The molecule has 0 fully saturated rings. The summed E-state index contributed by atoms with van der Waals surface area (Å²) in [5, 5.41) is 4.19. The molecule has 0 amide bonds. The van der Waals surface area contributed by atoms with Crippen molar-refractivity contribution in [1.82, 2.24) is 14.6 Å². The van der Waals surface area contributed by atoms with Crippen LogP contribution in [-0.4, -0.2) is 21.7 Å². The Hall–Kier alpha value is -1.14. The minimum Gasteiger partial charge on any atom is -0.396 e. The van der Waals surface area contributed by atoms with E-state index in [1.165, 1.54) is 0 Å². The third-order valence-corrected chi connectivity index (χ3v) is 2.18. The van der Waals surface area contributed by atoms with E-state index in [-0.39, 0.29) is 0 Å². The summed E-state index contributed by atoms with van der Waals surface area (Å²) in [5.74, 6) is 0.623. The molecular formula is C8H9BrN4O. The molecule has 74 valence electrons. The molecule has 2 aromatic rings. The Bertz CT molecular complexity index is 468. The van der Waals surface area contributed by atoms with Crippen LogP contribution in [0, 0.1) is 0 Å². The van der Waals surface area contributed by atoms with Gasteiger partial charge in [-0.1, -0.05) is 0 Å². The Kier molecular flexibility index (Phi) is 2.39. The number of aromatic nitrogens is 3. The van der Waals surface area contributed by atoms with Crippen LogP contribution in [0.2, 0.25) is 0 Å². The first-order valence-corrected chi connectivity index (χ1v) is 4.79. The predicted octanol–water partition coefficient (Wildman–Crippen LogP) is 1.22. The van der Waals surface area contributed by atoms with Crippen molar-refractivity contribution in [3.05, 3.63) is 22.6 Å². The van der Waals surface area contributed by atoms with E-state index >= 15 is 0 Å². The Morgan fingerprint density at radius 1 is 1.64 bits per heavy atom. The van der Waals surface area contributed by atoms with Crippen LogP contribution in [0.4, 0.5) is 5.69 Å². The van der Waals surface area contributed by atoms with Crippen molar-refractivity contribution in [1.29, 1.82) is 0 Å². The van der Waals surface area contributed by atoms with Crippen molar-refractivity contribution in [2.75, 3.05) is 12.8 Å². The van der Waals surface area contributed by atoms with Crippen LogP contribution >= 0.6 is 15.9 Å². The number of pyridine rings is 1. The number of hydrogen-bond donors (Lipinski definition) is 1. The number of halogens is 1. The maximum absolute atomic E-state index is 5.77. The standard InChI is InChI=1S/C8H9BrN4O/c1-14-4-7-11-8-6(10)2-5(9)3-13(8)12-7/h2-3H,4,10H2,1H3. The predicted molar refractivity (Wildman–Crippen MR) is 55.8 cm³/mol. The van der Waals surface area contributed by atoms with Gasteiger partial charge < -0.3 is 10.5 Å². The van der Waals surface area contributed by atoms with Crippen LogP contribution in [0.5, 0.6) is 0 Å². The molecular weight excluding hydrogens is 248 g/mol. The zero-order chi connectivity index (χ0) is 10.1. The first-order valence-electron chi connectivity index (χ1n) is 4.00. The number of rotatable bonds is 2. The Balaban J connectivity index is 2.58. The van der Waals surface area contributed by atoms with Gasteiger partial charge in [0.25, 0.3) is 0 Å². The molecule has 0 aliphatic rings. The van der Waals surface area contributed by atoms with Crippen molar-refractivity contribution >= 4 is 27.3 Å². The summed E-state index contributed by atoms with van der Waals surface area (Å²) < 4.78 is 7.44. The summed E-state index contributed by atoms with van der Waals surface area (Å²) in [7, 11) is 1.60. The molecule has 0 aromatic carbocycles. The summed E-state index contributed by atoms with van der Waals surface area (Å²) in [6.07, 6.45) is 1.80. The maximum atomic E-state index is 5.77. The van der Waals surface area contributed by atoms with E-state index in [9.17, 15) is 0 Å². The number of anilines is 1. The fourth-order valence-corrected chi connectivity index (χ4v) is 1.65. The maximum Gasteiger partial charge on any atom is 0.178 e. The van der Waals surface area contributed by atoms with Crippen LogP contribution in [0.1, 0.15) is 5.82 Å². The summed E-state index contributed by atoms with van der Waals surface area (Å²) in [4.78, 5) is 4.22. The lowest BCUT2D eigenvalue weighted by Crippen LogP contribution is -1.93. The van der Waals surface area contributed by atoms with Crippen molar-refractivity contribution in [3.63, 3.8) is 0 Å². The first kappa shape index (κ1) is 9.42. The summed E-state index contributed by atoms with van der Waals surface area (Å²) in [5.41, 5.74) is 7.02. The van der Waals surface area contributed by atoms with Gasteiger partial charge in [0.1, 0.15) is 6.61 Å². The van der Waals surface area contributed by atoms with E-state index in [0.29, 0.717) is 23.8 Å². The third-order valence-electron chi connectivity index (χ3n) is 1.75. The minimum absolute atomic E-state index is 0.388. The monoisotopic (exact) mass is 256 g/mol. The lowest BCUT2D eigenvalue weighted by molar-refractivity contribution is 0.178. The van der Waals surface area contributed by atoms with Crippen LogP contribution in [-0.2, 0) is 11.3 Å². The van der Waals surface area contributed by atoms with E-state index < -0.39 is 0 Å². The van der Waals surface area contributed by atoms with E-state index in [0.717, 1.165) is 4.47 Å². The number of nitrogen functional groups attached to an aromatic ring is 1. The molecule has 2 heterocycles. The average Bonchev–Trinajstić information content (AvgIpc) is 2.48. The second-order valence-electron chi connectivity index (χ2n) is 2.84. The van der Waals surface area contributed by atoms with Gasteiger partial charge in [0.15, 0.2) is 11.5 Å². The molecule has 6 heteroatoms. The highest BCUT2D eigenvalue weighted by Gasteiger charge is 2.06. The molecule has 2 aromatic heterocycles. The van der Waals surface area contributed by atoms with E-state index in [1.54, 1.807) is 23.9 Å². The highest BCUT2D eigenvalue weighted by Crippen LogP contribution is 2.18. The van der Waals surface area contributed by atoms with Crippen molar-refractivity contribution in [2.24, 2.45) is 0 Å². The van der Waals surface area contributed by atoms with Crippen molar-refractivity contribution in [2.45, 2.75) is 6.61 Å². The lowest BCUT2D eigenvalue weighted by Gasteiger charge is -1.96. The van der Waals surface area contributed by atoms with Gasteiger partial charge in [-0.05, 0) is 22.0 Å². The van der Waals surface area contributed by atoms with Gasteiger partial charge in [-0.25, -0.2) is 9.50 Å². The van der Waals surface area contributed by atoms with Crippen LogP contribution in [0.3, 0.4) is 0 Å². The number of nitrogens with two attached hydrogens (primary N) is 1.